The minimum atomic E-state index is 0.459. The van der Waals surface area contributed by atoms with Crippen LogP contribution in [0.5, 0.6) is 5.75 Å². The molecule has 0 aliphatic heterocycles. The molecule has 104 valence electrons. The van der Waals surface area contributed by atoms with Gasteiger partial charge in [0.15, 0.2) is 0 Å². The summed E-state index contributed by atoms with van der Waals surface area (Å²) < 4.78 is 5.45. The highest BCUT2D eigenvalue weighted by Crippen LogP contribution is 2.26. The van der Waals surface area contributed by atoms with Crippen molar-refractivity contribution in [3.8, 4) is 5.75 Å². The van der Waals surface area contributed by atoms with E-state index < -0.39 is 0 Å². The summed E-state index contributed by atoms with van der Waals surface area (Å²) in [7, 11) is 0. The van der Waals surface area contributed by atoms with Crippen molar-refractivity contribution in [2.24, 2.45) is 0 Å². The van der Waals surface area contributed by atoms with E-state index in [2.05, 4.69) is 37.0 Å². The molecule has 0 saturated heterocycles. The lowest BCUT2D eigenvalue weighted by atomic mass is 10.2. The maximum Gasteiger partial charge on any atom is 0.138 e. The first kappa shape index (κ1) is 14.5. The van der Waals surface area contributed by atoms with Crippen molar-refractivity contribution in [2.75, 3.05) is 11.9 Å². The van der Waals surface area contributed by atoms with Crippen molar-refractivity contribution < 1.29 is 4.74 Å². The number of hydrogen-bond acceptors (Lipinski definition) is 2. The highest BCUT2D eigenvalue weighted by molar-refractivity contribution is 6.32. The highest BCUT2D eigenvalue weighted by Gasteiger charge is 2.03. The fourth-order valence-electron chi connectivity index (χ4n) is 1.88. The lowest BCUT2D eigenvalue weighted by Crippen LogP contribution is -2.00. The first-order chi connectivity index (χ1) is 9.69. The quantitative estimate of drug-likeness (QED) is 0.769. The Bertz CT molecular complexity index is 595. The lowest BCUT2D eigenvalue weighted by molar-refractivity contribution is 0.363. The Kier molecular flexibility index (Phi) is 5.08. The maximum absolute atomic E-state index is 6.19. The molecule has 0 aliphatic carbocycles. The number of ether oxygens (including phenoxy) is 1. The largest absolute Gasteiger partial charge is 0.488 e. The molecule has 0 bridgehead atoms. The summed E-state index contributed by atoms with van der Waals surface area (Å²) in [6.45, 7) is 6.88. The summed E-state index contributed by atoms with van der Waals surface area (Å²) in [4.78, 5) is 0. The van der Waals surface area contributed by atoms with Crippen LogP contribution < -0.4 is 10.1 Å². The number of hydrogen-bond donors (Lipinski definition) is 1. The van der Waals surface area contributed by atoms with Crippen LogP contribution in [0.15, 0.2) is 55.1 Å². The summed E-state index contributed by atoms with van der Waals surface area (Å²) in [6.07, 6.45) is 1.70. The number of benzene rings is 2. The third kappa shape index (κ3) is 4.04. The van der Waals surface area contributed by atoms with Crippen LogP contribution in [0.25, 0.3) is 0 Å². The van der Waals surface area contributed by atoms with Gasteiger partial charge >= 0.3 is 0 Å². The first-order valence-electron chi connectivity index (χ1n) is 6.51. The molecule has 2 aromatic carbocycles. The predicted molar refractivity (Wildman–Crippen MR) is 85.6 cm³/mol. The molecule has 0 aliphatic rings. The Hall–Kier alpha value is -1.93. The molecule has 2 aromatic rings. The van der Waals surface area contributed by atoms with E-state index in [-0.39, 0.29) is 0 Å². The van der Waals surface area contributed by atoms with E-state index in [1.165, 1.54) is 5.56 Å². The van der Waals surface area contributed by atoms with Gasteiger partial charge in [0.2, 0.25) is 0 Å². The summed E-state index contributed by atoms with van der Waals surface area (Å²) in [6, 6.07) is 14.1. The molecule has 2 rings (SSSR count). The smallest absolute Gasteiger partial charge is 0.138 e. The summed E-state index contributed by atoms with van der Waals surface area (Å²) in [5.74, 6) is 0.686. The molecule has 0 amide bonds. The van der Waals surface area contributed by atoms with Gasteiger partial charge in [-0.15, -0.1) is 0 Å². The molecule has 0 fully saturated rings. The molecule has 3 heteroatoms. The zero-order valence-electron chi connectivity index (χ0n) is 11.5. The molecule has 0 spiro atoms. The highest BCUT2D eigenvalue weighted by atomic mass is 35.5. The van der Waals surface area contributed by atoms with E-state index in [0.29, 0.717) is 17.4 Å². The number of halogens is 1. The van der Waals surface area contributed by atoms with Gasteiger partial charge in [-0.3, -0.25) is 0 Å². The van der Waals surface area contributed by atoms with E-state index in [1.807, 2.05) is 24.3 Å². The molecule has 0 radical (unpaired) electrons. The summed E-state index contributed by atoms with van der Waals surface area (Å²) >= 11 is 6.19. The third-order valence-electron chi connectivity index (χ3n) is 2.87. The van der Waals surface area contributed by atoms with Gasteiger partial charge in [0.1, 0.15) is 12.4 Å². The van der Waals surface area contributed by atoms with Crippen LogP contribution in [0.1, 0.15) is 11.1 Å². The van der Waals surface area contributed by atoms with Gasteiger partial charge < -0.3 is 10.1 Å². The van der Waals surface area contributed by atoms with E-state index in [9.17, 15) is 0 Å². The third-order valence-corrected chi connectivity index (χ3v) is 3.16. The van der Waals surface area contributed by atoms with Gasteiger partial charge in [0.05, 0.1) is 5.02 Å². The summed E-state index contributed by atoms with van der Waals surface area (Å²) in [5.41, 5.74) is 3.46. The Morgan fingerprint density at radius 3 is 2.80 bits per heavy atom. The molecule has 0 atom stereocenters. The van der Waals surface area contributed by atoms with E-state index in [4.69, 9.17) is 16.3 Å². The predicted octanol–water partition coefficient (Wildman–Crippen LogP) is 4.83. The zero-order chi connectivity index (χ0) is 14.4. The van der Waals surface area contributed by atoms with E-state index in [0.717, 1.165) is 17.8 Å². The maximum atomic E-state index is 6.19. The van der Waals surface area contributed by atoms with Crippen LogP contribution in [0.2, 0.25) is 5.02 Å². The molecule has 0 aromatic heterocycles. The lowest BCUT2D eigenvalue weighted by Gasteiger charge is -2.10. The molecule has 0 unspecified atom stereocenters. The second-order valence-corrected chi connectivity index (χ2v) is 4.99. The van der Waals surface area contributed by atoms with Crippen molar-refractivity contribution in [3.63, 3.8) is 0 Å². The zero-order valence-corrected chi connectivity index (χ0v) is 12.3. The minimum absolute atomic E-state index is 0.459. The Morgan fingerprint density at radius 2 is 2.10 bits per heavy atom. The minimum Gasteiger partial charge on any atom is -0.488 e. The van der Waals surface area contributed by atoms with E-state index in [1.54, 1.807) is 6.08 Å². The van der Waals surface area contributed by atoms with Gasteiger partial charge in [-0.1, -0.05) is 42.5 Å². The topological polar surface area (TPSA) is 21.3 Å². The molecule has 2 nitrogen and oxygen atoms in total. The van der Waals surface area contributed by atoms with Gasteiger partial charge in [0.25, 0.3) is 0 Å². The monoisotopic (exact) mass is 287 g/mol. The number of rotatable bonds is 6. The number of anilines is 1. The van der Waals surface area contributed by atoms with Crippen molar-refractivity contribution in [1.29, 1.82) is 0 Å². The standard InChI is InChI=1S/C17H18ClNO/c1-3-9-20-17-8-7-14(11-16(17)18)12-19-15-6-4-5-13(2)10-15/h3-8,10-11,19H,1,9,12H2,2H3. The molecule has 1 N–H and O–H groups in total. The summed E-state index contributed by atoms with van der Waals surface area (Å²) in [5, 5.41) is 4.00. The number of aryl methyl sites for hydroxylation is 1. The first-order valence-corrected chi connectivity index (χ1v) is 6.89. The molecule has 0 saturated carbocycles. The molecular weight excluding hydrogens is 270 g/mol. The normalized spacial score (nSPS) is 10.1. The number of nitrogens with one attached hydrogen (secondary N) is 1. The van der Waals surface area contributed by atoms with Gasteiger partial charge in [-0.2, -0.15) is 0 Å². The molecule has 20 heavy (non-hydrogen) atoms. The second kappa shape index (κ2) is 7.01. The van der Waals surface area contributed by atoms with Crippen LogP contribution in [0, 0.1) is 6.92 Å². The van der Waals surface area contributed by atoms with Crippen LogP contribution >= 0.6 is 11.6 Å². The van der Waals surface area contributed by atoms with Crippen LogP contribution in [-0.4, -0.2) is 6.61 Å². The SMILES string of the molecule is C=CCOc1ccc(CNc2cccc(C)c2)cc1Cl. The van der Waals surface area contributed by atoms with Crippen LogP contribution in [0.4, 0.5) is 5.69 Å². The van der Waals surface area contributed by atoms with Crippen molar-refractivity contribution >= 4 is 17.3 Å². The van der Waals surface area contributed by atoms with Crippen LogP contribution in [-0.2, 0) is 6.54 Å². The molecule has 0 heterocycles. The Labute approximate surface area is 125 Å². The van der Waals surface area contributed by atoms with Gasteiger partial charge in [0, 0.05) is 12.2 Å². The van der Waals surface area contributed by atoms with Crippen LogP contribution in [0.3, 0.4) is 0 Å². The van der Waals surface area contributed by atoms with Gasteiger partial charge in [-0.25, -0.2) is 0 Å². The molecular formula is C17H18ClNO. The average molecular weight is 288 g/mol. The Morgan fingerprint density at radius 1 is 1.25 bits per heavy atom. The van der Waals surface area contributed by atoms with Crippen molar-refractivity contribution in [1.82, 2.24) is 0 Å². The second-order valence-electron chi connectivity index (χ2n) is 4.59. The average Bonchev–Trinajstić information content (AvgIpc) is 2.44. The van der Waals surface area contributed by atoms with Gasteiger partial charge in [-0.05, 0) is 42.3 Å². The fourth-order valence-corrected chi connectivity index (χ4v) is 2.14. The van der Waals surface area contributed by atoms with Crippen molar-refractivity contribution in [2.45, 2.75) is 13.5 Å². The fraction of sp³-hybridized carbons (Fsp3) is 0.176. The van der Waals surface area contributed by atoms with E-state index >= 15 is 0 Å². The van der Waals surface area contributed by atoms with Crippen molar-refractivity contribution in [3.05, 3.63) is 71.3 Å². The Balaban J connectivity index is 1.99.